The van der Waals surface area contributed by atoms with E-state index in [4.69, 9.17) is 0 Å². The first kappa shape index (κ1) is 20.7. The molecule has 0 bridgehead atoms. The number of benzene rings is 1. The minimum absolute atomic E-state index is 0. The van der Waals surface area contributed by atoms with Crippen LogP contribution in [0.5, 0.6) is 5.75 Å². The quantitative estimate of drug-likeness (QED) is 0.454. The van der Waals surface area contributed by atoms with Crippen LogP contribution in [0.15, 0.2) is 24.3 Å². The van der Waals surface area contributed by atoms with E-state index in [0.29, 0.717) is 0 Å². The Balaban J connectivity index is 0.00000361. The van der Waals surface area contributed by atoms with Gasteiger partial charge in [-0.2, -0.15) is 0 Å². The minimum Gasteiger partial charge on any atom is -0.872 e. The Morgan fingerprint density at radius 2 is 1.25 bits per heavy atom. The monoisotopic (exact) mass is 300 g/mol. The summed E-state index contributed by atoms with van der Waals surface area (Å²) in [5, 5.41) is 11.5. The van der Waals surface area contributed by atoms with Crippen LogP contribution in [0.25, 0.3) is 0 Å². The van der Waals surface area contributed by atoms with Crippen LogP contribution in [-0.2, 0) is 6.42 Å². The Morgan fingerprint density at radius 1 is 0.750 bits per heavy atom. The summed E-state index contributed by atoms with van der Waals surface area (Å²) in [5.74, 6) is 0.207. The van der Waals surface area contributed by atoms with E-state index in [-0.39, 0.29) is 57.1 Å². The van der Waals surface area contributed by atoms with E-state index in [1.165, 1.54) is 57.8 Å². The smallest absolute Gasteiger partial charge is 0.872 e. The molecule has 0 unspecified atom stereocenters. The molecule has 1 aromatic rings. The first-order valence-electron chi connectivity index (χ1n) is 8.09. The van der Waals surface area contributed by atoms with Crippen molar-refractivity contribution in [3.05, 3.63) is 29.8 Å². The SMILES string of the molecule is CCCCCCCCCCCCc1ccccc1[O-].[K+]. The number of unbranched alkanes of at least 4 members (excludes halogenated alkanes) is 9. The molecule has 0 spiro atoms. The van der Waals surface area contributed by atoms with E-state index in [1.807, 2.05) is 18.2 Å². The fraction of sp³-hybridized carbons (Fsp3) is 0.667. The molecule has 0 aliphatic heterocycles. The molecule has 0 aliphatic carbocycles. The van der Waals surface area contributed by atoms with Crippen LogP contribution < -0.4 is 56.5 Å². The van der Waals surface area contributed by atoms with Gasteiger partial charge in [0.05, 0.1) is 0 Å². The molecule has 0 aromatic heterocycles. The topological polar surface area (TPSA) is 23.1 Å². The maximum atomic E-state index is 11.5. The zero-order valence-corrected chi connectivity index (χ0v) is 16.6. The van der Waals surface area contributed by atoms with Gasteiger partial charge in [-0.15, -0.1) is 5.75 Å². The van der Waals surface area contributed by atoms with E-state index in [2.05, 4.69) is 6.92 Å². The standard InChI is InChI=1S/C18H30O.K/c1-2-3-4-5-6-7-8-9-10-11-14-17-15-12-13-16-18(17)19;/h12-13,15-16,19H,2-11,14H2,1H3;/q;+1/p-1. The third-order valence-corrected chi connectivity index (χ3v) is 3.77. The van der Waals surface area contributed by atoms with Gasteiger partial charge in [-0.3, -0.25) is 0 Å². The van der Waals surface area contributed by atoms with E-state index < -0.39 is 0 Å². The Kier molecular flexibility index (Phi) is 15.1. The summed E-state index contributed by atoms with van der Waals surface area (Å²) in [6.07, 6.45) is 14.4. The van der Waals surface area contributed by atoms with Gasteiger partial charge in [0.1, 0.15) is 0 Å². The summed E-state index contributed by atoms with van der Waals surface area (Å²) in [7, 11) is 0. The van der Waals surface area contributed by atoms with Crippen molar-refractivity contribution in [2.45, 2.75) is 77.6 Å². The van der Waals surface area contributed by atoms with Crippen molar-refractivity contribution < 1.29 is 56.5 Å². The molecule has 1 nitrogen and oxygen atoms in total. The van der Waals surface area contributed by atoms with Crippen molar-refractivity contribution in [1.29, 1.82) is 0 Å². The summed E-state index contributed by atoms with van der Waals surface area (Å²) < 4.78 is 0. The molecule has 0 amide bonds. The molecule has 0 aliphatic rings. The average Bonchev–Trinajstić information content (AvgIpc) is 2.43. The first-order chi connectivity index (χ1) is 9.34. The second-order valence-electron chi connectivity index (χ2n) is 5.54. The molecule has 1 rings (SSSR count). The summed E-state index contributed by atoms with van der Waals surface area (Å²) in [5.41, 5.74) is 0.988. The van der Waals surface area contributed by atoms with Crippen molar-refractivity contribution in [3.63, 3.8) is 0 Å². The molecular weight excluding hydrogens is 271 g/mol. The third kappa shape index (κ3) is 10.4. The predicted molar refractivity (Wildman–Crippen MR) is 81.4 cm³/mol. The second kappa shape index (κ2) is 14.6. The Morgan fingerprint density at radius 3 is 1.80 bits per heavy atom. The van der Waals surface area contributed by atoms with Crippen LogP contribution in [0.1, 0.15) is 76.7 Å². The third-order valence-electron chi connectivity index (χ3n) is 3.77. The van der Waals surface area contributed by atoms with Crippen LogP contribution in [0.2, 0.25) is 0 Å². The number of para-hydroxylation sites is 1. The van der Waals surface area contributed by atoms with Crippen LogP contribution in [0, 0.1) is 0 Å². The van der Waals surface area contributed by atoms with Gasteiger partial charge in [-0.25, -0.2) is 0 Å². The summed E-state index contributed by atoms with van der Waals surface area (Å²) in [4.78, 5) is 0. The molecule has 2 heteroatoms. The number of aryl methyl sites for hydroxylation is 1. The van der Waals surface area contributed by atoms with Crippen molar-refractivity contribution >= 4 is 0 Å². The van der Waals surface area contributed by atoms with E-state index in [1.54, 1.807) is 6.07 Å². The zero-order chi connectivity index (χ0) is 13.8. The van der Waals surface area contributed by atoms with Crippen LogP contribution in [0.3, 0.4) is 0 Å². The maximum Gasteiger partial charge on any atom is 1.00 e. The van der Waals surface area contributed by atoms with Crippen LogP contribution in [-0.4, -0.2) is 0 Å². The molecule has 0 radical (unpaired) electrons. The fourth-order valence-corrected chi connectivity index (χ4v) is 2.51. The van der Waals surface area contributed by atoms with Crippen molar-refractivity contribution in [1.82, 2.24) is 0 Å². The van der Waals surface area contributed by atoms with Crippen molar-refractivity contribution in [2.75, 3.05) is 0 Å². The number of hydrogen-bond donors (Lipinski definition) is 0. The Labute approximate surface area is 168 Å². The summed E-state index contributed by atoms with van der Waals surface area (Å²) in [6, 6.07) is 7.43. The largest absolute Gasteiger partial charge is 1.00 e. The molecule has 108 valence electrons. The van der Waals surface area contributed by atoms with Gasteiger partial charge in [-0.1, -0.05) is 94.5 Å². The zero-order valence-electron chi connectivity index (χ0n) is 13.5. The molecule has 0 N–H and O–H groups in total. The van der Waals surface area contributed by atoms with Gasteiger partial charge in [-0.05, 0) is 12.8 Å². The van der Waals surface area contributed by atoms with Gasteiger partial charge >= 0.3 is 51.4 Å². The molecule has 0 heterocycles. The van der Waals surface area contributed by atoms with Crippen LogP contribution >= 0.6 is 0 Å². The molecule has 0 saturated carbocycles. The number of rotatable bonds is 11. The Hall–Kier alpha value is 0.656. The van der Waals surface area contributed by atoms with Crippen molar-refractivity contribution in [3.8, 4) is 5.75 Å². The van der Waals surface area contributed by atoms with E-state index >= 15 is 0 Å². The molecule has 0 atom stereocenters. The summed E-state index contributed by atoms with van der Waals surface area (Å²) >= 11 is 0. The molecule has 20 heavy (non-hydrogen) atoms. The predicted octanol–water partition coefficient (Wildman–Crippen LogP) is 2.23. The minimum atomic E-state index is 0. The number of hydrogen-bond acceptors (Lipinski definition) is 1. The van der Waals surface area contributed by atoms with Gasteiger partial charge in [0.2, 0.25) is 0 Å². The van der Waals surface area contributed by atoms with E-state index in [0.717, 1.165) is 18.4 Å². The average molecular weight is 301 g/mol. The van der Waals surface area contributed by atoms with Gasteiger partial charge in [0.15, 0.2) is 0 Å². The summed E-state index contributed by atoms with van der Waals surface area (Å²) in [6.45, 7) is 2.26. The van der Waals surface area contributed by atoms with Gasteiger partial charge in [0, 0.05) is 0 Å². The van der Waals surface area contributed by atoms with Crippen molar-refractivity contribution in [2.24, 2.45) is 0 Å². The van der Waals surface area contributed by atoms with Gasteiger partial charge in [0.25, 0.3) is 0 Å². The molecule has 0 saturated heterocycles. The molecule has 1 aromatic carbocycles. The van der Waals surface area contributed by atoms with Gasteiger partial charge < -0.3 is 5.11 Å². The van der Waals surface area contributed by atoms with Crippen LogP contribution in [0.4, 0.5) is 0 Å². The fourth-order valence-electron chi connectivity index (χ4n) is 2.51. The Bertz CT molecular complexity index is 325. The molecule has 0 fully saturated rings. The normalized spacial score (nSPS) is 10.2. The van der Waals surface area contributed by atoms with E-state index in [9.17, 15) is 5.11 Å². The second-order valence-corrected chi connectivity index (χ2v) is 5.54. The maximum absolute atomic E-state index is 11.5. The molecular formula is C18H29KO. The first-order valence-corrected chi connectivity index (χ1v) is 8.09.